The van der Waals surface area contributed by atoms with Crippen molar-refractivity contribution >= 4 is 29.4 Å². The summed E-state index contributed by atoms with van der Waals surface area (Å²) in [7, 11) is 2.12. The fraction of sp³-hybridized carbons (Fsp3) is 0.227. The molecule has 0 aliphatic carbocycles. The predicted octanol–water partition coefficient (Wildman–Crippen LogP) is 2.90. The minimum Gasteiger partial charge on any atom is -0.338 e. The number of piperazine rings is 1. The lowest BCUT2D eigenvalue weighted by atomic mass is 10.3. The number of likely N-dealkylation sites (N-methyl/N-ethyl adjacent to an activating group) is 1. The molecular weight excluding hydrogens is 404 g/mol. The van der Waals surface area contributed by atoms with Crippen molar-refractivity contribution in [2.45, 2.75) is 0 Å². The van der Waals surface area contributed by atoms with Gasteiger partial charge in [0.1, 0.15) is 0 Å². The van der Waals surface area contributed by atoms with Crippen LogP contribution in [-0.2, 0) is 0 Å². The fourth-order valence-corrected chi connectivity index (χ4v) is 3.43. The van der Waals surface area contributed by atoms with Crippen LogP contribution in [0.4, 0.5) is 29.4 Å². The van der Waals surface area contributed by atoms with Crippen molar-refractivity contribution in [1.29, 1.82) is 0 Å². The molecule has 0 atom stereocenters. The number of benzene rings is 1. The lowest BCUT2D eigenvalue weighted by Crippen LogP contribution is -2.45. The number of aromatic nitrogens is 6. The largest absolute Gasteiger partial charge is 0.338 e. The molecule has 3 aromatic heterocycles. The third-order valence-electron chi connectivity index (χ3n) is 5.20. The first-order chi connectivity index (χ1) is 15.7. The van der Waals surface area contributed by atoms with Gasteiger partial charge in [-0.05, 0) is 31.3 Å². The van der Waals surface area contributed by atoms with Crippen molar-refractivity contribution in [3.8, 4) is 11.4 Å². The van der Waals surface area contributed by atoms with E-state index in [0.717, 1.165) is 43.3 Å². The Kier molecular flexibility index (Phi) is 5.58. The van der Waals surface area contributed by atoms with Gasteiger partial charge >= 0.3 is 0 Å². The molecule has 4 heterocycles. The molecule has 0 unspecified atom stereocenters. The van der Waals surface area contributed by atoms with Crippen molar-refractivity contribution in [2.24, 2.45) is 0 Å². The highest BCUT2D eigenvalue weighted by molar-refractivity contribution is 5.62. The topological polar surface area (TPSA) is 111 Å². The molecule has 3 N–H and O–H groups in total. The maximum absolute atomic E-state index is 4.67. The van der Waals surface area contributed by atoms with Gasteiger partial charge < -0.3 is 20.4 Å². The van der Waals surface area contributed by atoms with E-state index in [-0.39, 0.29) is 0 Å². The summed E-state index contributed by atoms with van der Waals surface area (Å²) in [6, 6.07) is 17.5. The number of nitrogens with one attached hydrogen (secondary N) is 3. The Morgan fingerprint density at radius 2 is 1.59 bits per heavy atom. The molecule has 1 aromatic carbocycles. The number of aromatic amines is 1. The summed E-state index contributed by atoms with van der Waals surface area (Å²) >= 11 is 0. The number of anilines is 5. The van der Waals surface area contributed by atoms with E-state index in [1.54, 1.807) is 6.20 Å². The summed E-state index contributed by atoms with van der Waals surface area (Å²) in [5.41, 5.74) is 2.53. The summed E-state index contributed by atoms with van der Waals surface area (Å²) in [4.78, 5) is 22.7. The molecular formula is C22H24N10. The molecule has 0 saturated carbocycles. The highest BCUT2D eigenvalue weighted by Gasteiger charge is 2.19. The molecule has 0 spiro atoms. The van der Waals surface area contributed by atoms with E-state index in [1.165, 1.54) is 0 Å². The molecule has 10 heteroatoms. The first-order valence-electron chi connectivity index (χ1n) is 10.5. The number of H-pyrrole nitrogens is 1. The van der Waals surface area contributed by atoms with Gasteiger partial charge in [-0.15, -0.1) is 0 Å². The van der Waals surface area contributed by atoms with E-state index in [2.05, 4.69) is 57.6 Å². The Morgan fingerprint density at radius 1 is 0.844 bits per heavy atom. The maximum atomic E-state index is 4.67. The minimum atomic E-state index is 0.423. The molecule has 1 saturated heterocycles. The molecule has 32 heavy (non-hydrogen) atoms. The molecule has 0 amide bonds. The average Bonchev–Trinajstić information content (AvgIpc) is 3.29. The minimum absolute atomic E-state index is 0.423. The lowest BCUT2D eigenvalue weighted by molar-refractivity contribution is 0.311. The molecule has 5 rings (SSSR count). The smallest absolute Gasteiger partial charge is 0.235 e. The van der Waals surface area contributed by atoms with Gasteiger partial charge in [-0.3, -0.25) is 10.1 Å². The lowest BCUT2D eigenvalue weighted by Gasteiger charge is -2.32. The second kappa shape index (κ2) is 8.98. The van der Waals surface area contributed by atoms with Crippen molar-refractivity contribution in [3.63, 3.8) is 0 Å². The molecule has 0 radical (unpaired) electrons. The van der Waals surface area contributed by atoms with E-state index in [9.17, 15) is 0 Å². The number of rotatable bonds is 6. The maximum Gasteiger partial charge on any atom is 0.235 e. The summed E-state index contributed by atoms with van der Waals surface area (Å²) in [6.07, 6.45) is 1.75. The Bertz CT molecular complexity index is 1150. The third kappa shape index (κ3) is 4.65. The highest BCUT2D eigenvalue weighted by atomic mass is 15.4. The van der Waals surface area contributed by atoms with Crippen LogP contribution in [0.15, 0.2) is 60.8 Å². The normalized spacial score (nSPS) is 14.3. The number of hydrogen-bond acceptors (Lipinski definition) is 9. The van der Waals surface area contributed by atoms with E-state index in [1.807, 2.05) is 54.6 Å². The van der Waals surface area contributed by atoms with Crippen molar-refractivity contribution in [3.05, 3.63) is 60.8 Å². The van der Waals surface area contributed by atoms with E-state index < -0.39 is 0 Å². The second-order valence-electron chi connectivity index (χ2n) is 7.57. The van der Waals surface area contributed by atoms with Gasteiger partial charge in [0, 0.05) is 44.1 Å². The fourth-order valence-electron chi connectivity index (χ4n) is 3.43. The van der Waals surface area contributed by atoms with Crippen LogP contribution in [0.1, 0.15) is 0 Å². The van der Waals surface area contributed by atoms with Crippen LogP contribution in [0.5, 0.6) is 0 Å². The Morgan fingerprint density at radius 3 is 2.34 bits per heavy atom. The van der Waals surface area contributed by atoms with Gasteiger partial charge in [0.2, 0.25) is 17.8 Å². The third-order valence-corrected chi connectivity index (χ3v) is 5.20. The van der Waals surface area contributed by atoms with Crippen molar-refractivity contribution in [2.75, 3.05) is 48.8 Å². The first-order valence-corrected chi connectivity index (χ1v) is 10.5. The number of pyridine rings is 1. The molecule has 162 valence electrons. The molecule has 1 aliphatic rings. The first kappa shape index (κ1) is 19.9. The Balaban J connectivity index is 1.42. The monoisotopic (exact) mass is 428 g/mol. The zero-order chi connectivity index (χ0) is 21.8. The summed E-state index contributed by atoms with van der Waals surface area (Å²) in [5, 5.41) is 13.8. The Hall–Kier alpha value is -4.05. The zero-order valence-electron chi connectivity index (χ0n) is 17.7. The number of para-hydroxylation sites is 1. The van der Waals surface area contributed by atoms with Gasteiger partial charge in [0.15, 0.2) is 5.82 Å². The van der Waals surface area contributed by atoms with Crippen LogP contribution >= 0.6 is 0 Å². The zero-order valence-corrected chi connectivity index (χ0v) is 17.7. The quantitative estimate of drug-likeness (QED) is 0.427. The van der Waals surface area contributed by atoms with Crippen LogP contribution < -0.4 is 15.5 Å². The number of nitrogens with zero attached hydrogens (tertiary/aromatic N) is 7. The Labute approximate surface area is 185 Å². The van der Waals surface area contributed by atoms with E-state index in [4.69, 9.17) is 0 Å². The van der Waals surface area contributed by atoms with Gasteiger partial charge in [-0.1, -0.05) is 24.3 Å². The van der Waals surface area contributed by atoms with Gasteiger partial charge in [-0.25, -0.2) is 0 Å². The number of hydrogen-bond donors (Lipinski definition) is 3. The highest BCUT2D eigenvalue weighted by Crippen LogP contribution is 2.22. The average molecular weight is 429 g/mol. The van der Waals surface area contributed by atoms with Crippen LogP contribution in [0.3, 0.4) is 0 Å². The molecule has 1 aliphatic heterocycles. The van der Waals surface area contributed by atoms with E-state index in [0.29, 0.717) is 23.7 Å². The van der Waals surface area contributed by atoms with Crippen molar-refractivity contribution in [1.82, 2.24) is 35.0 Å². The van der Waals surface area contributed by atoms with Gasteiger partial charge in [-0.2, -0.15) is 20.1 Å². The van der Waals surface area contributed by atoms with Crippen LogP contribution in [0.2, 0.25) is 0 Å². The van der Waals surface area contributed by atoms with Gasteiger partial charge in [0.25, 0.3) is 0 Å². The molecule has 0 bridgehead atoms. The standard InChI is InChI=1S/C22H24N10/c1-31-11-13-32(14-12-31)22-27-20(24-16-7-3-2-4-8-16)26-21(28-22)25-19-15-18(29-30-19)17-9-5-6-10-23-17/h2-10,15H,11-14H2,1H3,(H3,24,25,26,27,28,29,30). The van der Waals surface area contributed by atoms with Gasteiger partial charge in [0.05, 0.1) is 11.4 Å². The van der Waals surface area contributed by atoms with Crippen molar-refractivity contribution < 1.29 is 0 Å². The molecule has 10 nitrogen and oxygen atoms in total. The molecule has 1 fully saturated rings. The van der Waals surface area contributed by atoms with Crippen LogP contribution in [-0.4, -0.2) is 68.3 Å². The second-order valence-corrected chi connectivity index (χ2v) is 7.57. The van der Waals surface area contributed by atoms with E-state index >= 15 is 0 Å². The summed E-state index contributed by atoms with van der Waals surface area (Å²) in [6.45, 7) is 3.64. The predicted molar refractivity (Wildman–Crippen MR) is 124 cm³/mol. The SMILES string of the molecule is CN1CCN(c2nc(Nc3ccccc3)nc(Nc3cc(-c4ccccn4)[nH]n3)n2)CC1. The van der Waals surface area contributed by atoms with Crippen LogP contribution in [0, 0.1) is 0 Å². The summed E-state index contributed by atoms with van der Waals surface area (Å²) in [5.74, 6) is 2.14. The van der Waals surface area contributed by atoms with Crippen LogP contribution in [0.25, 0.3) is 11.4 Å². The molecule has 4 aromatic rings. The summed E-state index contributed by atoms with van der Waals surface area (Å²) < 4.78 is 0.